The van der Waals surface area contributed by atoms with E-state index in [0.717, 1.165) is 31.2 Å². The van der Waals surface area contributed by atoms with Gasteiger partial charge in [0.05, 0.1) is 6.04 Å². The average molecular weight is 409 g/mol. The summed E-state index contributed by atoms with van der Waals surface area (Å²) < 4.78 is 0. The average Bonchev–Trinajstić information content (AvgIpc) is 3.26. The van der Waals surface area contributed by atoms with Crippen molar-refractivity contribution in [3.8, 4) is 0 Å². The van der Waals surface area contributed by atoms with Gasteiger partial charge in [0.15, 0.2) is 0 Å². The van der Waals surface area contributed by atoms with Crippen LogP contribution in [0.5, 0.6) is 0 Å². The van der Waals surface area contributed by atoms with E-state index < -0.39 is 6.04 Å². The highest BCUT2D eigenvalue weighted by Crippen LogP contribution is 2.15. The second-order valence-electron chi connectivity index (χ2n) is 7.32. The van der Waals surface area contributed by atoms with E-state index in [-0.39, 0.29) is 17.9 Å². The fourth-order valence-electron chi connectivity index (χ4n) is 3.58. The van der Waals surface area contributed by atoms with Crippen molar-refractivity contribution in [1.82, 2.24) is 21.1 Å². The van der Waals surface area contributed by atoms with Crippen LogP contribution in [0.3, 0.4) is 0 Å². The van der Waals surface area contributed by atoms with Crippen LogP contribution in [0.2, 0.25) is 0 Å². The molecule has 1 fully saturated rings. The Balaban J connectivity index is 1.43. The van der Waals surface area contributed by atoms with Crippen molar-refractivity contribution in [2.75, 3.05) is 19.6 Å². The number of carbonyl (C=O) groups excluding carboxylic acids is 3. The minimum Gasteiger partial charge on any atom is -0.351 e. The summed E-state index contributed by atoms with van der Waals surface area (Å²) in [5.41, 5.74) is 4.85. The fraction of sp³-hybridized carbons (Fsp3) is 0.348. The summed E-state index contributed by atoms with van der Waals surface area (Å²) in [5, 5.41) is 7.62. The van der Waals surface area contributed by atoms with Gasteiger partial charge >= 0.3 is 0 Å². The molecule has 1 aliphatic rings. The monoisotopic (exact) mass is 408 g/mol. The number of hydrogen-bond donors (Lipinski definition) is 3. The van der Waals surface area contributed by atoms with Crippen molar-refractivity contribution in [3.63, 3.8) is 0 Å². The third-order valence-electron chi connectivity index (χ3n) is 5.11. The molecule has 1 aliphatic heterocycles. The fourth-order valence-corrected chi connectivity index (χ4v) is 3.58. The number of amides is 2. The Morgan fingerprint density at radius 3 is 2.43 bits per heavy atom. The van der Waals surface area contributed by atoms with Crippen molar-refractivity contribution in [2.24, 2.45) is 0 Å². The largest absolute Gasteiger partial charge is 0.351 e. The van der Waals surface area contributed by atoms with Crippen LogP contribution in [0.4, 0.5) is 0 Å². The SMILES string of the molecule is O=C[C@H](Cc1ccccc1)NC(=O)[C@@H]1CCCN1NCCNC(=O)c1ccccc1. The highest BCUT2D eigenvalue weighted by Gasteiger charge is 2.31. The third-order valence-corrected chi connectivity index (χ3v) is 5.11. The standard InChI is InChI=1S/C23H28N4O3/c28-17-20(16-18-8-3-1-4-9-18)26-23(30)21-12-7-15-27(21)25-14-13-24-22(29)19-10-5-2-6-11-19/h1-6,8-11,17,20-21,25H,7,12-16H2,(H,24,29)(H,26,30)/t20-,21-/m0/s1. The summed E-state index contributed by atoms with van der Waals surface area (Å²) >= 11 is 0. The number of benzene rings is 2. The number of rotatable bonds is 10. The lowest BCUT2D eigenvalue weighted by atomic mass is 10.1. The highest BCUT2D eigenvalue weighted by molar-refractivity contribution is 5.94. The summed E-state index contributed by atoms with van der Waals surface area (Å²) in [5.74, 6) is -0.274. The van der Waals surface area contributed by atoms with Gasteiger partial charge in [0, 0.05) is 25.2 Å². The maximum atomic E-state index is 12.7. The molecule has 0 saturated carbocycles. The maximum absolute atomic E-state index is 12.7. The maximum Gasteiger partial charge on any atom is 0.251 e. The first-order valence-corrected chi connectivity index (χ1v) is 10.3. The summed E-state index contributed by atoms with van der Waals surface area (Å²) in [4.78, 5) is 36.2. The molecular weight excluding hydrogens is 380 g/mol. The van der Waals surface area contributed by atoms with Gasteiger partial charge in [-0.05, 0) is 37.0 Å². The second kappa shape index (κ2) is 11.2. The number of aldehydes is 1. The molecule has 7 nitrogen and oxygen atoms in total. The van der Waals surface area contributed by atoms with E-state index in [1.165, 1.54) is 0 Å². The normalized spacial score (nSPS) is 17.3. The van der Waals surface area contributed by atoms with Gasteiger partial charge in [-0.2, -0.15) is 0 Å². The van der Waals surface area contributed by atoms with Gasteiger partial charge < -0.3 is 15.4 Å². The third kappa shape index (κ3) is 6.23. The molecule has 158 valence electrons. The lowest BCUT2D eigenvalue weighted by Gasteiger charge is -2.25. The van der Waals surface area contributed by atoms with Crippen molar-refractivity contribution in [3.05, 3.63) is 71.8 Å². The Kier molecular flexibility index (Phi) is 8.11. The minimum absolute atomic E-state index is 0.122. The molecule has 30 heavy (non-hydrogen) atoms. The number of carbonyl (C=O) groups is 3. The topological polar surface area (TPSA) is 90.5 Å². The van der Waals surface area contributed by atoms with Crippen LogP contribution in [0.1, 0.15) is 28.8 Å². The smallest absolute Gasteiger partial charge is 0.251 e. The van der Waals surface area contributed by atoms with Crippen LogP contribution in [0.15, 0.2) is 60.7 Å². The second-order valence-corrected chi connectivity index (χ2v) is 7.32. The van der Waals surface area contributed by atoms with E-state index in [1.54, 1.807) is 12.1 Å². The first kappa shape index (κ1) is 21.7. The van der Waals surface area contributed by atoms with Gasteiger partial charge in [0.25, 0.3) is 5.91 Å². The van der Waals surface area contributed by atoms with Gasteiger partial charge in [-0.15, -0.1) is 0 Å². The van der Waals surface area contributed by atoms with E-state index in [2.05, 4.69) is 16.1 Å². The molecule has 1 saturated heterocycles. The van der Waals surface area contributed by atoms with Crippen LogP contribution in [0.25, 0.3) is 0 Å². The van der Waals surface area contributed by atoms with Crippen molar-refractivity contribution in [2.45, 2.75) is 31.3 Å². The van der Waals surface area contributed by atoms with E-state index in [1.807, 2.05) is 53.5 Å². The number of hydrogen-bond acceptors (Lipinski definition) is 5. The molecule has 0 aliphatic carbocycles. The Labute approximate surface area is 176 Å². The van der Waals surface area contributed by atoms with Crippen LogP contribution in [-0.2, 0) is 16.0 Å². The van der Waals surface area contributed by atoms with Crippen molar-refractivity contribution in [1.29, 1.82) is 0 Å². The quantitative estimate of drug-likeness (QED) is 0.407. The van der Waals surface area contributed by atoms with Crippen LogP contribution in [-0.4, -0.2) is 54.8 Å². The van der Waals surface area contributed by atoms with Crippen LogP contribution in [0, 0.1) is 0 Å². The number of nitrogens with one attached hydrogen (secondary N) is 3. The summed E-state index contributed by atoms with van der Waals surface area (Å²) in [6.45, 7) is 1.71. The lowest BCUT2D eigenvalue weighted by Crippen LogP contribution is -2.53. The Morgan fingerprint density at radius 1 is 1.03 bits per heavy atom. The van der Waals surface area contributed by atoms with Crippen LogP contribution >= 0.6 is 0 Å². The van der Waals surface area contributed by atoms with Gasteiger partial charge in [0.1, 0.15) is 12.3 Å². The zero-order valence-corrected chi connectivity index (χ0v) is 16.9. The molecule has 0 radical (unpaired) electrons. The molecule has 0 bridgehead atoms. The predicted molar refractivity (Wildman–Crippen MR) is 115 cm³/mol. The molecule has 3 N–H and O–H groups in total. The highest BCUT2D eigenvalue weighted by atomic mass is 16.2. The molecule has 2 amide bonds. The molecule has 0 unspecified atom stereocenters. The summed E-state index contributed by atoms with van der Waals surface area (Å²) in [7, 11) is 0. The minimum atomic E-state index is -0.549. The molecular formula is C23H28N4O3. The van der Waals surface area contributed by atoms with E-state index in [4.69, 9.17) is 0 Å². The van der Waals surface area contributed by atoms with Crippen molar-refractivity contribution < 1.29 is 14.4 Å². The van der Waals surface area contributed by atoms with Gasteiger partial charge in [0.2, 0.25) is 5.91 Å². The molecule has 2 aromatic carbocycles. The lowest BCUT2D eigenvalue weighted by molar-refractivity contribution is -0.128. The van der Waals surface area contributed by atoms with Crippen molar-refractivity contribution >= 4 is 18.1 Å². The summed E-state index contributed by atoms with van der Waals surface area (Å²) in [6, 6.07) is 17.8. The van der Waals surface area contributed by atoms with Gasteiger partial charge in [-0.3, -0.25) is 15.0 Å². The van der Waals surface area contributed by atoms with Crippen LogP contribution < -0.4 is 16.1 Å². The molecule has 7 heteroatoms. The van der Waals surface area contributed by atoms with E-state index >= 15 is 0 Å². The van der Waals surface area contributed by atoms with E-state index in [0.29, 0.717) is 25.1 Å². The molecule has 2 atom stereocenters. The molecule has 2 aromatic rings. The summed E-state index contributed by atoms with van der Waals surface area (Å²) in [6.07, 6.45) is 2.89. The molecule has 3 rings (SSSR count). The van der Waals surface area contributed by atoms with Gasteiger partial charge in [-0.1, -0.05) is 48.5 Å². The Morgan fingerprint density at radius 2 is 1.73 bits per heavy atom. The molecule has 0 aromatic heterocycles. The Bertz CT molecular complexity index is 829. The predicted octanol–water partition coefficient (Wildman–Crippen LogP) is 1.31. The first-order valence-electron chi connectivity index (χ1n) is 10.3. The van der Waals surface area contributed by atoms with E-state index in [9.17, 15) is 14.4 Å². The van der Waals surface area contributed by atoms with Gasteiger partial charge in [-0.25, -0.2) is 5.01 Å². The zero-order valence-electron chi connectivity index (χ0n) is 16.9. The number of hydrazine groups is 1. The number of nitrogens with zero attached hydrogens (tertiary/aromatic N) is 1. The molecule has 1 heterocycles. The molecule has 0 spiro atoms. The zero-order chi connectivity index (χ0) is 21.2. The first-order chi connectivity index (χ1) is 14.7. The Hall–Kier alpha value is -3.03.